The summed E-state index contributed by atoms with van der Waals surface area (Å²) in [6.45, 7) is 0.0554. The third-order valence-electron chi connectivity index (χ3n) is 2.67. The molecule has 0 saturated carbocycles. The molecular weight excluding hydrogens is 266 g/mol. The van der Waals surface area contributed by atoms with Crippen LogP contribution in [0, 0.1) is 11.6 Å². The van der Waals surface area contributed by atoms with Gasteiger partial charge in [0, 0.05) is 19.7 Å². The summed E-state index contributed by atoms with van der Waals surface area (Å²) in [6, 6.07) is 7.50. The molecule has 0 atom stereocenters. The molecule has 0 aliphatic carbocycles. The number of rotatable bonds is 5. The van der Waals surface area contributed by atoms with Gasteiger partial charge in [-0.2, -0.15) is 4.98 Å². The highest BCUT2D eigenvalue weighted by molar-refractivity contribution is 5.40. The Labute approximate surface area is 115 Å². The number of pyridine rings is 1. The molecule has 1 aromatic heterocycles. The standard InChI is InChI=1S/C14H14F2N2O2/c1-17-13-11(15)8-12(16)14(18-13)20-10-4-2-9(3-5-10)6-7-19/h2-5,8,19H,6-7H2,1H3,(H,17,18). The van der Waals surface area contributed by atoms with E-state index in [2.05, 4.69) is 10.3 Å². The number of halogens is 2. The second-order valence-electron chi connectivity index (χ2n) is 4.08. The predicted molar refractivity (Wildman–Crippen MR) is 71.0 cm³/mol. The first-order chi connectivity index (χ1) is 9.63. The van der Waals surface area contributed by atoms with Crippen molar-refractivity contribution in [1.29, 1.82) is 0 Å². The van der Waals surface area contributed by atoms with Gasteiger partial charge in [-0.1, -0.05) is 12.1 Å². The van der Waals surface area contributed by atoms with Gasteiger partial charge < -0.3 is 15.2 Å². The fraction of sp³-hybridized carbons (Fsp3) is 0.214. The summed E-state index contributed by atoms with van der Waals surface area (Å²) in [5.41, 5.74) is 0.934. The van der Waals surface area contributed by atoms with Crippen LogP contribution in [0.4, 0.5) is 14.6 Å². The third-order valence-corrected chi connectivity index (χ3v) is 2.67. The first-order valence-corrected chi connectivity index (χ1v) is 6.05. The van der Waals surface area contributed by atoms with Gasteiger partial charge in [-0.15, -0.1) is 0 Å². The molecule has 2 N–H and O–H groups in total. The fourth-order valence-electron chi connectivity index (χ4n) is 1.66. The molecule has 1 heterocycles. The van der Waals surface area contributed by atoms with Crippen LogP contribution in [0.25, 0.3) is 0 Å². The summed E-state index contributed by atoms with van der Waals surface area (Å²) >= 11 is 0. The Morgan fingerprint density at radius 1 is 1.20 bits per heavy atom. The van der Waals surface area contributed by atoms with E-state index in [1.54, 1.807) is 24.3 Å². The second kappa shape index (κ2) is 6.29. The van der Waals surface area contributed by atoms with Gasteiger partial charge in [0.15, 0.2) is 17.5 Å². The quantitative estimate of drug-likeness (QED) is 0.884. The number of aromatic nitrogens is 1. The predicted octanol–water partition coefficient (Wildman–Crippen LogP) is 2.73. The van der Waals surface area contributed by atoms with Gasteiger partial charge in [0.25, 0.3) is 5.88 Å². The van der Waals surface area contributed by atoms with Crippen LogP contribution in [0.3, 0.4) is 0 Å². The SMILES string of the molecule is CNc1nc(Oc2ccc(CCO)cc2)c(F)cc1F. The van der Waals surface area contributed by atoms with Gasteiger partial charge in [0.1, 0.15) is 5.75 Å². The summed E-state index contributed by atoms with van der Waals surface area (Å²) in [4.78, 5) is 3.72. The lowest BCUT2D eigenvalue weighted by Gasteiger charge is -2.09. The van der Waals surface area contributed by atoms with Crippen molar-refractivity contribution in [3.63, 3.8) is 0 Å². The van der Waals surface area contributed by atoms with E-state index < -0.39 is 11.6 Å². The lowest BCUT2D eigenvalue weighted by molar-refractivity contribution is 0.299. The number of hydrogen-bond donors (Lipinski definition) is 2. The van der Waals surface area contributed by atoms with Gasteiger partial charge in [0.2, 0.25) is 0 Å². The molecule has 0 saturated heterocycles. The van der Waals surface area contributed by atoms with Crippen molar-refractivity contribution >= 4 is 5.82 Å². The van der Waals surface area contributed by atoms with Crippen molar-refractivity contribution in [2.75, 3.05) is 19.0 Å². The van der Waals surface area contributed by atoms with Crippen molar-refractivity contribution < 1.29 is 18.6 Å². The lowest BCUT2D eigenvalue weighted by Crippen LogP contribution is -2.01. The van der Waals surface area contributed by atoms with E-state index in [0.717, 1.165) is 5.56 Å². The molecule has 0 fully saturated rings. The van der Waals surface area contributed by atoms with Crippen molar-refractivity contribution in [2.24, 2.45) is 0 Å². The average Bonchev–Trinajstić information content (AvgIpc) is 2.44. The van der Waals surface area contributed by atoms with Crippen LogP contribution in [-0.4, -0.2) is 23.7 Å². The Balaban J connectivity index is 2.21. The molecule has 6 heteroatoms. The molecule has 0 unspecified atom stereocenters. The number of ether oxygens (including phenoxy) is 1. The molecule has 2 aromatic rings. The molecule has 20 heavy (non-hydrogen) atoms. The second-order valence-corrected chi connectivity index (χ2v) is 4.08. The van der Waals surface area contributed by atoms with Gasteiger partial charge in [0.05, 0.1) is 0 Å². The first-order valence-electron chi connectivity index (χ1n) is 6.05. The minimum absolute atomic E-state index is 0.0554. The van der Waals surface area contributed by atoms with Crippen molar-refractivity contribution in [3.8, 4) is 11.6 Å². The van der Waals surface area contributed by atoms with Crippen molar-refractivity contribution in [2.45, 2.75) is 6.42 Å². The molecular formula is C14H14F2N2O2. The minimum atomic E-state index is -0.874. The Hall–Kier alpha value is -2.21. The van der Waals surface area contributed by atoms with E-state index in [4.69, 9.17) is 9.84 Å². The zero-order chi connectivity index (χ0) is 14.5. The molecule has 106 valence electrons. The van der Waals surface area contributed by atoms with Crippen LogP contribution in [-0.2, 0) is 6.42 Å². The maximum absolute atomic E-state index is 13.6. The van der Waals surface area contributed by atoms with Crippen LogP contribution in [0.2, 0.25) is 0 Å². The fourth-order valence-corrected chi connectivity index (χ4v) is 1.66. The Bertz CT molecular complexity index is 588. The number of aliphatic hydroxyl groups excluding tert-OH is 1. The topological polar surface area (TPSA) is 54.4 Å². The average molecular weight is 280 g/mol. The Morgan fingerprint density at radius 2 is 1.90 bits per heavy atom. The Kier molecular flexibility index (Phi) is 4.47. The van der Waals surface area contributed by atoms with Crippen LogP contribution in [0.5, 0.6) is 11.6 Å². The monoisotopic (exact) mass is 280 g/mol. The van der Waals surface area contributed by atoms with Crippen LogP contribution in [0.15, 0.2) is 30.3 Å². The van der Waals surface area contributed by atoms with Crippen LogP contribution >= 0.6 is 0 Å². The normalized spacial score (nSPS) is 10.4. The van der Waals surface area contributed by atoms with E-state index >= 15 is 0 Å². The van der Waals surface area contributed by atoms with Gasteiger partial charge >= 0.3 is 0 Å². The van der Waals surface area contributed by atoms with E-state index in [0.29, 0.717) is 18.2 Å². The number of nitrogens with one attached hydrogen (secondary N) is 1. The zero-order valence-corrected chi connectivity index (χ0v) is 10.9. The molecule has 0 spiro atoms. The molecule has 0 amide bonds. The molecule has 0 aliphatic heterocycles. The third kappa shape index (κ3) is 3.21. The highest BCUT2D eigenvalue weighted by Crippen LogP contribution is 2.26. The van der Waals surface area contributed by atoms with Crippen LogP contribution < -0.4 is 10.1 Å². The van der Waals surface area contributed by atoms with Crippen molar-refractivity contribution in [3.05, 3.63) is 47.5 Å². The molecule has 2 rings (SSSR count). The molecule has 1 aromatic carbocycles. The Morgan fingerprint density at radius 3 is 2.50 bits per heavy atom. The van der Waals surface area contributed by atoms with Crippen molar-refractivity contribution in [1.82, 2.24) is 4.98 Å². The molecule has 0 bridgehead atoms. The number of aliphatic hydroxyl groups is 1. The number of hydrogen-bond acceptors (Lipinski definition) is 4. The maximum Gasteiger partial charge on any atom is 0.258 e. The highest BCUT2D eigenvalue weighted by Gasteiger charge is 2.12. The first kappa shape index (κ1) is 14.2. The largest absolute Gasteiger partial charge is 0.436 e. The lowest BCUT2D eigenvalue weighted by atomic mass is 10.1. The smallest absolute Gasteiger partial charge is 0.258 e. The summed E-state index contributed by atoms with van der Waals surface area (Å²) in [5.74, 6) is -1.66. The zero-order valence-electron chi connectivity index (χ0n) is 10.9. The summed E-state index contributed by atoms with van der Waals surface area (Å²) in [6.07, 6.45) is 0.535. The van der Waals surface area contributed by atoms with E-state index in [-0.39, 0.29) is 18.3 Å². The molecule has 4 nitrogen and oxygen atoms in total. The molecule has 0 radical (unpaired) electrons. The number of benzene rings is 1. The molecule has 0 aliphatic rings. The van der Waals surface area contributed by atoms with E-state index in [1.807, 2.05) is 0 Å². The van der Waals surface area contributed by atoms with E-state index in [9.17, 15) is 8.78 Å². The number of anilines is 1. The number of nitrogens with zero attached hydrogens (tertiary/aromatic N) is 1. The van der Waals surface area contributed by atoms with Gasteiger partial charge in [-0.3, -0.25) is 0 Å². The minimum Gasteiger partial charge on any atom is -0.436 e. The van der Waals surface area contributed by atoms with Gasteiger partial charge in [-0.05, 0) is 24.1 Å². The van der Waals surface area contributed by atoms with Gasteiger partial charge in [-0.25, -0.2) is 8.78 Å². The summed E-state index contributed by atoms with van der Waals surface area (Å²) in [7, 11) is 1.48. The highest BCUT2D eigenvalue weighted by atomic mass is 19.1. The summed E-state index contributed by atoms with van der Waals surface area (Å²) in [5, 5.41) is 11.3. The maximum atomic E-state index is 13.6. The van der Waals surface area contributed by atoms with Crippen LogP contribution in [0.1, 0.15) is 5.56 Å². The summed E-state index contributed by atoms with van der Waals surface area (Å²) < 4.78 is 32.1. The van der Waals surface area contributed by atoms with E-state index in [1.165, 1.54) is 7.05 Å².